The van der Waals surface area contributed by atoms with E-state index in [1.807, 2.05) is 6.07 Å². The number of aliphatic hydroxyl groups is 1. The fourth-order valence-electron chi connectivity index (χ4n) is 2.01. The van der Waals surface area contributed by atoms with Crippen LogP contribution >= 0.6 is 0 Å². The van der Waals surface area contributed by atoms with E-state index in [0.29, 0.717) is 17.6 Å². The Morgan fingerprint density at radius 1 is 1.39 bits per heavy atom. The summed E-state index contributed by atoms with van der Waals surface area (Å²) in [6, 6.07) is 3.77. The molecule has 0 unspecified atom stereocenters. The van der Waals surface area contributed by atoms with E-state index in [0.717, 1.165) is 5.82 Å². The minimum Gasteiger partial charge on any atom is -0.388 e. The number of nitrogens with one attached hydrogen (secondary N) is 2. The Morgan fingerprint density at radius 2 is 2.28 bits per heavy atom. The first-order valence-electron chi connectivity index (χ1n) is 6.10. The second-order valence-corrected chi connectivity index (χ2v) is 4.48. The third kappa shape index (κ3) is 2.19. The topological polar surface area (TPSA) is 86.7 Å². The largest absolute Gasteiger partial charge is 0.388 e. The van der Waals surface area contributed by atoms with Crippen molar-refractivity contribution in [3.63, 3.8) is 0 Å². The average Bonchev–Trinajstić information content (AvgIpc) is 2.75. The zero-order valence-corrected chi connectivity index (χ0v) is 9.93. The van der Waals surface area contributed by atoms with Crippen molar-refractivity contribution in [3.8, 4) is 0 Å². The summed E-state index contributed by atoms with van der Waals surface area (Å²) in [6.07, 6.45) is 5.40. The van der Waals surface area contributed by atoms with E-state index in [1.54, 1.807) is 12.3 Å². The average molecular weight is 245 g/mol. The molecule has 1 aliphatic carbocycles. The Morgan fingerprint density at radius 3 is 3.00 bits per heavy atom. The van der Waals surface area contributed by atoms with E-state index in [9.17, 15) is 0 Å². The number of aromatic nitrogens is 4. The van der Waals surface area contributed by atoms with Gasteiger partial charge in [0.05, 0.1) is 0 Å². The van der Waals surface area contributed by atoms with E-state index < -0.39 is 0 Å². The molecule has 0 aliphatic heterocycles. The minimum absolute atomic E-state index is 0.163. The van der Waals surface area contributed by atoms with Gasteiger partial charge in [0, 0.05) is 23.9 Å². The highest BCUT2D eigenvalue weighted by molar-refractivity contribution is 5.51. The van der Waals surface area contributed by atoms with Gasteiger partial charge < -0.3 is 10.4 Å². The highest BCUT2D eigenvalue weighted by Crippen LogP contribution is 2.36. The number of aliphatic hydroxyl groups excluding tert-OH is 1. The van der Waals surface area contributed by atoms with Gasteiger partial charge in [-0.25, -0.2) is 9.97 Å². The number of rotatable bonds is 4. The van der Waals surface area contributed by atoms with Crippen molar-refractivity contribution in [3.05, 3.63) is 29.8 Å². The van der Waals surface area contributed by atoms with Gasteiger partial charge in [0.1, 0.15) is 12.4 Å². The third-order valence-electron chi connectivity index (χ3n) is 3.25. The summed E-state index contributed by atoms with van der Waals surface area (Å²) in [5.74, 6) is 2.42. The van der Waals surface area contributed by atoms with Crippen molar-refractivity contribution < 1.29 is 5.11 Å². The molecule has 3 rings (SSSR count). The number of aromatic amines is 1. The predicted octanol–water partition coefficient (Wildman–Crippen LogP) is 1.70. The molecule has 1 fully saturated rings. The molecule has 1 saturated carbocycles. The fraction of sp³-hybridized carbons (Fsp3) is 0.417. The fourth-order valence-corrected chi connectivity index (χ4v) is 2.01. The molecule has 6 nitrogen and oxygen atoms in total. The highest BCUT2D eigenvalue weighted by atomic mass is 16.3. The molecule has 94 valence electrons. The SMILES string of the molecule is OCc1nccc(Nc2cc(C3CCC3)[nH]n2)n1. The Labute approximate surface area is 104 Å². The van der Waals surface area contributed by atoms with E-state index in [-0.39, 0.29) is 6.61 Å². The van der Waals surface area contributed by atoms with Crippen molar-refractivity contribution in [1.29, 1.82) is 0 Å². The Bertz CT molecular complexity index is 535. The van der Waals surface area contributed by atoms with Crippen LogP contribution in [0.4, 0.5) is 11.6 Å². The van der Waals surface area contributed by atoms with Crippen LogP contribution in [-0.2, 0) is 6.61 Å². The standard InChI is InChI=1S/C12H15N5O/c18-7-12-13-5-4-10(15-12)14-11-6-9(16-17-11)8-2-1-3-8/h4-6,8,18H,1-3,7H2,(H2,13,14,15,16,17). The molecule has 6 heteroatoms. The van der Waals surface area contributed by atoms with Crippen LogP contribution in [0.5, 0.6) is 0 Å². The van der Waals surface area contributed by atoms with Gasteiger partial charge in [-0.2, -0.15) is 5.10 Å². The number of H-pyrrole nitrogens is 1. The lowest BCUT2D eigenvalue weighted by molar-refractivity contribution is 0.271. The van der Waals surface area contributed by atoms with Crippen LogP contribution in [-0.4, -0.2) is 25.3 Å². The van der Waals surface area contributed by atoms with Crippen molar-refractivity contribution in [2.75, 3.05) is 5.32 Å². The lowest BCUT2D eigenvalue weighted by Crippen LogP contribution is -2.08. The second-order valence-electron chi connectivity index (χ2n) is 4.48. The van der Waals surface area contributed by atoms with E-state index in [4.69, 9.17) is 5.11 Å². The van der Waals surface area contributed by atoms with E-state index in [1.165, 1.54) is 25.0 Å². The van der Waals surface area contributed by atoms with Crippen LogP contribution in [0.15, 0.2) is 18.3 Å². The quantitative estimate of drug-likeness (QED) is 0.763. The maximum atomic E-state index is 8.97. The first kappa shape index (κ1) is 11.2. The van der Waals surface area contributed by atoms with Gasteiger partial charge >= 0.3 is 0 Å². The number of hydrogen-bond acceptors (Lipinski definition) is 5. The molecule has 0 amide bonds. The summed E-state index contributed by atoms with van der Waals surface area (Å²) in [4.78, 5) is 8.07. The number of nitrogens with zero attached hydrogens (tertiary/aromatic N) is 3. The summed E-state index contributed by atoms with van der Waals surface area (Å²) in [7, 11) is 0. The van der Waals surface area contributed by atoms with Crippen molar-refractivity contribution in [1.82, 2.24) is 20.2 Å². The number of hydrogen-bond donors (Lipinski definition) is 3. The smallest absolute Gasteiger partial charge is 0.156 e. The van der Waals surface area contributed by atoms with E-state index in [2.05, 4.69) is 25.5 Å². The molecule has 0 aromatic carbocycles. The molecule has 2 heterocycles. The zero-order valence-electron chi connectivity index (χ0n) is 9.93. The molecule has 0 bridgehead atoms. The predicted molar refractivity (Wildman–Crippen MR) is 66.4 cm³/mol. The summed E-state index contributed by atoms with van der Waals surface area (Å²) >= 11 is 0. The Kier molecular flexibility index (Phi) is 2.93. The lowest BCUT2D eigenvalue weighted by atomic mass is 9.83. The van der Waals surface area contributed by atoms with E-state index >= 15 is 0 Å². The Balaban J connectivity index is 1.72. The van der Waals surface area contributed by atoms with Gasteiger partial charge in [0.2, 0.25) is 0 Å². The highest BCUT2D eigenvalue weighted by Gasteiger charge is 2.21. The van der Waals surface area contributed by atoms with Gasteiger partial charge in [-0.3, -0.25) is 5.10 Å². The Hall–Kier alpha value is -1.95. The monoisotopic (exact) mass is 245 g/mol. The molecule has 0 atom stereocenters. The summed E-state index contributed by atoms with van der Waals surface area (Å²) in [6.45, 7) is -0.163. The summed E-state index contributed by atoms with van der Waals surface area (Å²) < 4.78 is 0. The number of anilines is 2. The molecule has 0 radical (unpaired) electrons. The second kappa shape index (κ2) is 4.73. The molecular formula is C12H15N5O. The summed E-state index contributed by atoms with van der Waals surface area (Å²) in [5.41, 5.74) is 1.18. The molecule has 1 aliphatic rings. The first-order valence-corrected chi connectivity index (χ1v) is 6.10. The molecular weight excluding hydrogens is 230 g/mol. The summed E-state index contributed by atoms with van der Waals surface area (Å²) in [5, 5.41) is 19.3. The zero-order chi connectivity index (χ0) is 12.4. The van der Waals surface area contributed by atoms with Gasteiger partial charge in [-0.05, 0) is 18.9 Å². The molecule has 0 spiro atoms. The first-order chi connectivity index (χ1) is 8.85. The van der Waals surface area contributed by atoms with Gasteiger partial charge in [0.15, 0.2) is 11.6 Å². The molecule has 18 heavy (non-hydrogen) atoms. The molecule has 2 aromatic rings. The molecule has 3 N–H and O–H groups in total. The van der Waals surface area contributed by atoms with Crippen LogP contribution in [0, 0.1) is 0 Å². The van der Waals surface area contributed by atoms with Crippen molar-refractivity contribution in [2.45, 2.75) is 31.8 Å². The van der Waals surface area contributed by atoms with Gasteiger partial charge in [0.25, 0.3) is 0 Å². The van der Waals surface area contributed by atoms with Crippen LogP contribution in [0.1, 0.15) is 36.7 Å². The molecule has 2 aromatic heterocycles. The maximum absolute atomic E-state index is 8.97. The van der Waals surface area contributed by atoms with Crippen LogP contribution in [0.3, 0.4) is 0 Å². The van der Waals surface area contributed by atoms with Gasteiger partial charge in [-0.1, -0.05) is 6.42 Å². The maximum Gasteiger partial charge on any atom is 0.156 e. The van der Waals surface area contributed by atoms with Crippen molar-refractivity contribution >= 4 is 11.6 Å². The van der Waals surface area contributed by atoms with Crippen LogP contribution < -0.4 is 5.32 Å². The third-order valence-corrected chi connectivity index (χ3v) is 3.25. The van der Waals surface area contributed by atoms with Gasteiger partial charge in [-0.15, -0.1) is 0 Å². The van der Waals surface area contributed by atoms with Crippen molar-refractivity contribution in [2.24, 2.45) is 0 Å². The lowest BCUT2D eigenvalue weighted by Gasteiger charge is -2.23. The normalized spacial score (nSPS) is 15.4. The van der Waals surface area contributed by atoms with Crippen LogP contribution in [0.25, 0.3) is 0 Å². The van der Waals surface area contributed by atoms with Crippen LogP contribution in [0.2, 0.25) is 0 Å². The molecule has 0 saturated heterocycles. The minimum atomic E-state index is -0.163.